The summed E-state index contributed by atoms with van der Waals surface area (Å²) in [7, 11) is 0. The summed E-state index contributed by atoms with van der Waals surface area (Å²) >= 11 is 0. The van der Waals surface area contributed by atoms with E-state index in [0.29, 0.717) is 12.5 Å². The van der Waals surface area contributed by atoms with Crippen LogP contribution in [0.25, 0.3) is 0 Å². The zero-order chi connectivity index (χ0) is 19.4. The minimum absolute atomic E-state index is 0.0741. The van der Waals surface area contributed by atoms with Crippen LogP contribution < -0.4 is 0 Å². The van der Waals surface area contributed by atoms with Gasteiger partial charge < -0.3 is 4.74 Å². The Kier molecular flexibility index (Phi) is 4.20. The van der Waals surface area contributed by atoms with Gasteiger partial charge in [-0.2, -0.15) is 0 Å². The molecule has 3 nitrogen and oxygen atoms in total. The average molecular weight is 378 g/mol. The number of rotatable bonds is 4. The van der Waals surface area contributed by atoms with E-state index in [1.807, 2.05) is 0 Å². The van der Waals surface area contributed by atoms with Gasteiger partial charge in [0.2, 0.25) is 0 Å². The molecule has 3 fully saturated rings. The average Bonchev–Trinajstić information content (AvgIpc) is 3.37. The highest BCUT2D eigenvalue weighted by Crippen LogP contribution is 2.67. The van der Waals surface area contributed by atoms with Gasteiger partial charge in [0, 0.05) is 5.56 Å². The molecule has 2 bridgehead atoms. The number of hydrogen-bond donors (Lipinski definition) is 0. The van der Waals surface area contributed by atoms with E-state index in [9.17, 15) is 0 Å². The van der Waals surface area contributed by atoms with Crippen LogP contribution in [0.4, 0.5) is 0 Å². The maximum atomic E-state index is 6.69. The first-order valence-corrected chi connectivity index (χ1v) is 10.7. The van der Waals surface area contributed by atoms with Crippen molar-refractivity contribution < 1.29 is 9.57 Å². The van der Waals surface area contributed by atoms with Crippen LogP contribution in [0.15, 0.2) is 60.7 Å². The van der Waals surface area contributed by atoms with Crippen LogP contribution in [-0.4, -0.2) is 17.2 Å². The zero-order valence-electron chi connectivity index (χ0n) is 17.2. The molecule has 2 aliphatic carbocycles. The summed E-state index contributed by atoms with van der Waals surface area (Å²) in [5.41, 5.74) is 1.88. The third kappa shape index (κ3) is 2.39. The quantitative estimate of drug-likeness (QED) is 0.700. The summed E-state index contributed by atoms with van der Waals surface area (Å²) in [5.74, 6) is 1.39. The first-order valence-electron chi connectivity index (χ1n) is 10.7. The van der Waals surface area contributed by atoms with Crippen LogP contribution in [0.3, 0.4) is 0 Å². The molecule has 0 aromatic heterocycles. The topological polar surface area (TPSA) is 21.7 Å². The molecule has 28 heavy (non-hydrogen) atoms. The van der Waals surface area contributed by atoms with Gasteiger partial charge >= 0.3 is 0 Å². The molecule has 1 heterocycles. The number of hydroxylamine groups is 2. The fourth-order valence-electron chi connectivity index (χ4n) is 6.33. The summed E-state index contributed by atoms with van der Waals surface area (Å²) in [4.78, 5) is 6.69. The Morgan fingerprint density at radius 3 is 2.21 bits per heavy atom. The van der Waals surface area contributed by atoms with Gasteiger partial charge in [-0.05, 0) is 49.0 Å². The summed E-state index contributed by atoms with van der Waals surface area (Å²) in [6, 6.07) is 21.1. The monoisotopic (exact) mass is 377 g/mol. The summed E-state index contributed by atoms with van der Waals surface area (Å²) in [6.07, 6.45) is 3.92. The van der Waals surface area contributed by atoms with E-state index in [4.69, 9.17) is 9.57 Å². The SMILES string of the molecule is CC1(C)C2CCC(C2)C12CO[C@](C)(c1ccccc1)N2OCc1ccccc1. The highest BCUT2D eigenvalue weighted by molar-refractivity contribution is 5.27. The Hall–Kier alpha value is -1.68. The van der Waals surface area contributed by atoms with Crippen LogP contribution in [-0.2, 0) is 21.9 Å². The molecule has 0 N–H and O–H groups in total. The molecule has 0 radical (unpaired) electrons. The molecule has 1 aliphatic heterocycles. The van der Waals surface area contributed by atoms with Gasteiger partial charge in [0.25, 0.3) is 0 Å². The molecule has 1 saturated heterocycles. The predicted octanol–water partition coefficient (Wildman–Crippen LogP) is 5.52. The van der Waals surface area contributed by atoms with E-state index in [1.54, 1.807) is 0 Å². The lowest BCUT2D eigenvalue weighted by Crippen LogP contribution is -2.62. The molecule has 2 saturated carbocycles. The van der Waals surface area contributed by atoms with Crippen LogP contribution in [0.1, 0.15) is 51.2 Å². The van der Waals surface area contributed by atoms with Gasteiger partial charge in [0.15, 0.2) is 5.72 Å². The van der Waals surface area contributed by atoms with Crippen molar-refractivity contribution in [1.82, 2.24) is 5.06 Å². The van der Waals surface area contributed by atoms with Crippen molar-refractivity contribution in [3.63, 3.8) is 0 Å². The first kappa shape index (κ1) is 18.4. The largest absolute Gasteiger partial charge is 0.352 e. The second kappa shape index (κ2) is 6.41. The normalized spacial score (nSPS) is 36.4. The standard InChI is InChI=1S/C25H31NO2/c1-23(2)21-14-15-22(16-21)25(23)18-27-24(3,20-12-8-5-9-13-20)26(25)28-17-19-10-6-4-7-11-19/h4-13,21-22H,14-18H2,1-3H3/t21?,22?,24-,25?/m1/s1. The van der Waals surface area contributed by atoms with Crippen molar-refractivity contribution >= 4 is 0 Å². The van der Waals surface area contributed by atoms with E-state index in [1.165, 1.54) is 30.4 Å². The molecular formula is C25H31NO2. The van der Waals surface area contributed by atoms with Crippen LogP contribution in [0, 0.1) is 17.3 Å². The van der Waals surface area contributed by atoms with Crippen molar-refractivity contribution in [2.45, 2.75) is 57.9 Å². The van der Waals surface area contributed by atoms with E-state index in [0.717, 1.165) is 12.5 Å². The van der Waals surface area contributed by atoms with Gasteiger partial charge in [-0.15, -0.1) is 5.06 Å². The Morgan fingerprint density at radius 2 is 1.57 bits per heavy atom. The zero-order valence-corrected chi connectivity index (χ0v) is 17.2. The van der Waals surface area contributed by atoms with Crippen molar-refractivity contribution in [2.75, 3.05) is 6.61 Å². The maximum Gasteiger partial charge on any atom is 0.167 e. The van der Waals surface area contributed by atoms with Gasteiger partial charge in [-0.1, -0.05) is 74.5 Å². The Balaban J connectivity index is 1.56. The fraction of sp³-hybridized carbons (Fsp3) is 0.520. The number of benzene rings is 2. The summed E-state index contributed by atoms with van der Waals surface area (Å²) in [6.45, 7) is 8.37. The van der Waals surface area contributed by atoms with Crippen LogP contribution in [0.2, 0.25) is 0 Å². The Labute approximate surface area is 168 Å². The van der Waals surface area contributed by atoms with E-state index >= 15 is 0 Å². The minimum Gasteiger partial charge on any atom is -0.352 e. The molecule has 4 atom stereocenters. The lowest BCUT2D eigenvalue weighted by atomic mass is 9.63. The summed E-state index contributed by atoms with van der Waals surface area (Å²) in [5, 5.41) is 2.28. The smallest absolute Gasteiger partial charge is 0.167 e. The second-order valence-electron chi connectivity index (χ2n) is 9.54. The first-order chi connectivity index (χ1) is 13.5. The maximum absolute atomic E-state index is 6.69. The second-order valence-corrected chi connectivity index (χ2v) is 9.54. The van der Waals surface area contributed by atoms with E-state index in [2.05, 4.69) is 86.5 Å². The fourth-order valence-corrected chi connectivity index (χ4v) is 6.33. The van der Waals surface area contributed by atoms with E-state index < -0.39 is 5.72 Å². The highest BCUT2D eigenvalue weighted by atomic mass is 16.7. The van der Waals surface area contributed by atoms with Crippen molar-refractivity contribution in [3.8, 4) is 0 Å². The molecule has 1 spiro atoms. The third-order valence-electron chi connectivity index (χ3n) is 8.08. The molecule has 3 unspecified atom stereocenters. The van der Waals surface area contributed by atoms with Crippen LogP contribution >= 0.6 is 0 Å². The number of hydrogen-bond acceptors (Lipinski definition) is 3. The van der Waals surface area contributed by atoms with Gasteiger partial charge in [-0.3, -0.25) is 4.84 Å². The number of ether oxygens (including phenoxy) is 1. The lowest BCUT2D eigenvalue weighted by Gasteiger charge is -2.52. The number of fused-ring (bicyclic) bond motifs is 3. The number of nitrogens with zero attached hydrogens (tertiary/aromatic N) is 1. The molecule has 3 aliphatic rings. The minimum atomic E-state index is -0.572. The molecule has 2 aromatic carbocycles. The summed E-state index contributed by atoms with van der Waals surface area (Å²) < 4.78 is 6.65. The lowest BCUT2D eigenvalue weighted by molar-refractivity contribution is -0.317. The third-order valence-corrected chi connectivity index (χ3v) is 8.08. The molecule has 2 aromatic rings. The molecule has 148 valence electrons. The molecule has 3 heteroatoms. The van der Waals surface area contributed by atoms with Crippen LogP contribution in [0.5, 0.6) is 0 Å². The van der Waals surface area contributed by atoms with Crippen molar-refractivity contribution in [3.05, 3.63) is 71.8 Å². The predicted molar refractivity (Wildman–Crippen MR) is 110 cm³/mol. The Bertz CT molecular complexity index is 836. The van der Waals surface area contributed by atoms with Gasteiger partial charge in [0.1, 0.15) is 0 Å². The van der Waals surface area contributed by atoms with Crippen molar-refractivity contribution in [1.29, 1.82) is 0 Å². The highest BCUT2D eigenvalue weighted by Gasteiger charge is 2.72. The Morgan fingerprint density at radius 1 is 0.929 bits per heavy atom. The molecule has 0 amide bonds. The van der Waals surface area contributed by atoms with Gasteiger partial charge in [0.05, 0.1) is 18.8 Å². The van der Waals surface area contributed by atoms with Crippen molar-refractivity contribution in [2.24, 2.45) is 17.3 Å². The molecular weight excluding hydrogens is 346 g/mol. The van der Waals surface area contributed by atoms with Gasteiger partial charge in [-0.25, -0.2) is 0 Å². The van der Waals surface area contributed by atoms with E-state index in [-0.39, 0.29) is 11.0 Å². The molecule has 5 rings (SSSR count).